The van der Waals surface area contributed by atoms with Crippen molar-refractivity contribution in [3.05, 3.63) is 48.0 Å². The molecule has 1 aliphatic heterocycles. The molecule has 2 aromatic carbocycles. The van der Waals surface area contributed by atoms with Gasteiger partial charge in [0.2, 0.25) is 0 Å². The van der Waals surface area contributed by atoms with Crippen LogP contribution < -0.4 is 15.8 Å². The van der Waals surface area contributed by atoms with Gasteiger partial charge in [0.25, 0.3) is 0 Å². The molecule has 5 N–H and O–H groups in total. The highest BCUT2D eigenvalue weighted by Gasteiger charge is 2.22. The van der Waals surface area contributed by atoms with Gasteiger partial charge in [-0.25, -0.2) is 9.78 Å². The molecule has 0 aliphatic carbocycles. The van der Waals surface area contributed by atoms with Crippen LogP contribution in [0.5, 0.6) is 5.75 Å². The van der Waals surface area contributed by atoms with Crippen molar-refractivity contribution in [2.45, 2.75) is 18.9 Å². The Balaban J connectivity index is 1.55. The zero-order valence-corrected chi connectivity index (χ0v) is 14.8. The Morgan fingerprint density at radius 1 is 1.19 bits per heavy atom. The fraction of sp³-hybridized carbons (Fsp3) is 0.300. The Morgan fingerprint density at radius 2 is 1.93 bits per heavy atom. The molecule has 1 aliphatic rings. The standard InChI is InChI=1S/C20H22N4O3/c21-20(26)27-15-5-6-16-17(11-15)24-19(23-16)14-3-1-12(2-4-14)18(25)13-7-9-22-10-8-13/h1-6,11,13,18,22,25H,7-10H2,(H2,21,26)(H,23,24). The van der Waals surface area contributed by atoms with Gasteiger partial charge in [0.05, 0.1) is 17.1 Å². The number of benzene rings is 2. The molecule has 7 heteroatoms. The minimum absolute atomic E-state index is 0.298. The summed E-state index contributed by atoms with van der Waals surface area (Å²) >= 11 is 0. The zero-order valence-electron chi connectivity index (χ0n) is 14.8. The highest BCUT2D eigenvalue weighted by Crippen LogP contribution is 2.30. The van der Waals surface area contributed by atoms with Gasteiger partial charge >= 0.3 is 6.09 Å². The van der Waals surface area contributed by atoms with Crippen molar-refractivity contribution in [3.63, 3.8) is 0 Å². The number of aromatic amines is 1. The van der Waals surface area contributed by atoms with E-state index in [4.69, 9.17) is 10.5 Å². The van der Waals surface area contributed by atoms with Crippen LogP contribution in [0.1, 0.15) is 24.5 Å². The maximum Gasteiger partial charge on any atom is 0.409 e. The number of hydrogen-bond donors (Lipinski definition) is 4. The molecule has 1 atom stereocenters. The maximum atomic E-state index is 10.9. The van der Waals surface area contributed by atoms with Gasteiger partial charge < -0.3 is 25.9 Å². The van der Waals surface area contributed by atoms with Gasteiger partial charge in [0, 0.05) is 11.6 Å². The predicted molar refractivity (Wildman–Crippen MR) is 102 cm³/mol. The second kappa shape index (κ2) is 7.38. The third-order valence-electron chi connectivity index (χ3n) is 5.03. The van der Waals surface area contributed by atoms with E-state index in [0.717, 1.165) is 42.6 Å². The lowest BCUT2D eigenvalue weighted by atomic mass is 9.88. The number of hydrogen-bond acceptors (Lipinski definition) is 5. The second-order valence-electron chi connectivity index (χ2n) is 6.84. The molecule has 0 spiro atoms. The number of carbonyl (C=O) groups is 1. The molecule has 1 fully saturated rings. The summed E-state index contributed by atoms with van der Waals surface area (Å²) in [6.07, 6.45) is 0.683. The van der Waals surface area contributed by atoms with Crippen LogP contribution in [0.4, 0.5) is 4.79 Å². The van der Waals surface area contributed by atoms with E-state index in [9.17, 15) is 9.90 Å². The number of primary amides is 1. The summed E-state index contributed by atoms with van der Waals surface area (Å²) in [4.78, 5) is 18.7. The molecular formula is C20H22N4O3. The van der Waals surface area contributed by atoms with Crippen LogP contribution in [-0.2, 0) is 0 Å². The number of nitrogens with one attached hydrogen (secondary N) is 2. The Morgan fingerprint density at radius 3 is 2.63 bits per heavy atom. The number of aliphatic hydroxyl groups excluding tert-OH is 1. The molecular weight excluding hydrogens is 344 g/mol. The van der Waals surface area contributed by atoms with Crippen LogP contribution in [0, 0.1) is 5.92 Å². The van der Waals surface area contributed by atoms with E-state index in [1.807, 2.05) is 24.3 Å². The number of nitrogens with two attached hydrogens (primary N) is 1. The first-order chi connectivity index (χ1) is 13.1. The molecule has 140 valence electrons. The summed E-state index contributed by atoms with van der Waals surface area (Å²) in [5, 5.41) is 13.9. The highest BCUT2D eigenvalue weighted by molar-refractivity contribution is 5.81. The van der Waals surface area contributed by atoms with Crippen LogP contribution in [0.2, 0.25) is 0 Å². The number of aromatic nitrogens is 2. The molecule has 1 amide bonds. The predicted octanol–water partition coefficient (Wildman–Crippen LogP) is 2.72. The molecule has 1 aromatic heterocycles. The number of fused-ring (bicyclic) bond motifs is 1. The summed E-state index contributed by atoms with van der Waals surface area (Å²) in [6.45, 7) is 1.92. The average Bonchev–Trinajstić information content (AvgIpc) is 3.11. The molecule has 27 heavy (non-hydrogen) atoms. The molecule has 1 saturated heterocycles. The van der Waals surface area contributed by atoms with E-state index in [1.165, 1.54) is 0 Å². The molecule has 0 radical (unpaired) electrons. The summed E-state index contributed by atoms with van der Waals surface area (Å²) < 4.78 is 4.89. The SMILES string of the molecule is NC(=O)Oc1ccc2[nH]c(-c3ccc(C(O)C4CCNCC4)cc3)nc2c1. The average molecular weight is 366 g/mol. The van der Waals surface area contributed by atoms with Crippen molar-refractivity contribution in [2.75, 3.05) is 13.1 Å². The smallest absolute Gasteiger partial charge is 0.409 e. The van der Waals surface area contributed by atoms with Crippen LogP contribution in [-0.4, -0.2) is 34.3 Å². The minimum Gasteiger partial charge on any atom is -0.410 e. The number of rotatable bonds is 4. The van der Waals surface area contributed by atoms with Gasteiger partial charge in [-0.15, -0.1) is 0 Å². The highest BCUT2D eigenvalue weighted by atomic mass is 16.5. The number of amides is 1. The van der Waals surface area contributed by atoms with Crippen LogP contribution >= 0.6 is 0 Å². The number of nitrogens with zero attached hydrogens (tertiary/aromatic N) is 1. The second-order valence-corrected chi connectivity index (χ2v) is 6.84. The van der Waals surface area contributed by atoms with Gasteiger partial charge in [-0.2, -0.15) is 0 Å². The number of H-pyrrole nitrogens is 1. The Labute approximate surface area is 156 Å². The molecule has 7 nitrogen and oxygen atoms in total. The third kappa shape index (κ3) is 3.79. The van der Waals surface area contributed by atoms with E-state index in [1.54, 1.807) is 18.2 Å². The first-order valence-corrected chi connectivity index (χ1v) is 9.06. The topological polar surface area (TPSA) is 113 Å². The maximum absolute atomic E-state index is 10.9. The van der Waals surface area contributed by atoms with Crippen LogP contribution in [0.3, 0.4) is 0 Å². The lowest BCUT2D eigenvalue weighted by Gasteiger charge is -2.27. The van der Waals surface area contributed by atoms with Crippen molar-refractivity contribution in [1.82, 2.24) is 15.3 Å². The van der Waals surface area contributed by atoms with E-state index >= 15 is 0 Å². The molecule has 3 aromatic rings. The molecule has 0 bridgehead atoms. The van der Waals surface area contributed by atoms with Crippen LogP contribution in [0.15, 0.2) is 42.5 Å². The summed E-state index contributed by atoms with van der Waals surface area (Å²) in [7, 11) is 0. The lowest BCUT2D eigenvalue weighted by Crippen LogP contribution is -2.30. The van der Waals surface area contributed by atoms with Crippen molar-refractivity contribution in [2.24, 2.45) is 11.7 Å². The van der Waals surface area contributed by atoms with Gasteiger partial charge in [-0.1, -0.05) is 24.3 Å². The van der Waals surface area contributed by atoms with Gasteiger partial charge in [-0.3, -0.25) is 0 Å². The summed E-state index contributed by atoms with van der Waals surface area (Å²) in [5.41, 5.74) is 8.41. The number of ether oxygens (including phenoxy) is 1. The van der Waals surface area contributed by atoms with Gasteiger partial charge in [0.1, 0.15) is 11.6 Å². The van der Waals surface area contributed by atoms with E-state index in [-0.39, 0.29) is 0 Å². The molecule has 1 unspecified atom stereocenters. The number of imidazole rings is 1. The monoisotopic (exact) mass is 366 g/mol. The number of aliphatic hydroxyl groups is 1. The fourth-order valence-electron chi connectivity index (χ4n) is 3.57. The largest absolute Gasteiger partial charge is 0.410 e. The first-order valence-electron chi connectivity index (χ1n) is 9.06. The number of piperidine rings is 1. The van der Waals surface area contributed by atoms with E-state index < -0.39 is 12.2 Å². The Bertz CT molecular complexity index is 946. The van der Waals surface area contributed by atoms with Crippen molar-refractivity contribution >= 4 is 17.1 Å². The Kier molecular flexibility index (Phi) is 4.79. The zero-order chi connectivity index (χ0) is 18.8. The van der Waals surface area contributed by atoms with Crippen molar-refractivity contribution in [1.29, 1.82) is 0 Å². The summed E-state index contributed by atoms with van der Waals surface area (Å²) in [5.74, 6) is 1.37. The van der Waals surface area contributed by atoms with Gasteiger partial charge in [-0.05, 0) is 49.5 Å². The fourth-order valence-corrected chi connectivity index (χ4v) is 3.57. The lowest BCUT2D eigenvalue weighted by molar-refractivity contribution is 0.0889. The Hall–Kier alpha value is -2.90. The van der Waals surface area contributed by atoms with Gasteiger partial charge in [0.15, 0.2) is 0 Å². The quantitative estimate of drug-likeness (QED) is 0.567. The summed E-state index contributed by atoms with van der Waals surface area (Å²) in [6, 6.07) is 12.9. The van der Waals surface area contributed by atoms with Crippen molar-refractivity contribution in [3.8, 4) is 17.1 Å². The molecule has 4 rings (SSSR count). The number of carbonyl (C=O) groups excluding carboxylic acids is 1. The minimum atomic E-state index is -0.854. The van der Waals surface area contributed by atoms with Crippen LogP contribution in [0.25, 0.3) is 22.4 Å². The van der Waals surface area contributed by atoms with E-state index in [0.29, 0.717) is 23.0 Å². The van der Waals surface area contributed by atoms with E-state index in [2.05, 4.69) is 15.3 Å². The molecule has 2 heterocycles. The molecule has 0 saturated carbocycles. The third-order valence-corrected chi connectivity index (χ3v) is 5.03. The normalized spacial score (nSPS) is 16.3. The van der Waals surface area contributed by atoms with Crippen molar-refractivity contribution < 1.29 is 14.6 Å². The first kappa shape index (κ1) is 17.5.